The number of benzene rings is 1. The Morgan fingerprint density at radius 1 is 1.07 bits per heavy atom. The van der Waals surface area contributed by atoms with Crippen molar-refractivity contribution in [3.05, 3.63) is 35.9 Å². The highest BCUT2D eigenvalue weighted by atomic mass is 16.2. The van der Waals surface area contributed by atoms with E-state index in [1.54, 1.807) is 0 Å². The minimum atomic E-state index is -0.0430. The molecule has 29 heavy (non-hydrogen) atoms. The van der Waals surface area contributed by atoms with E-state index in [2.05, 4.69) is 29.2 Å². The molecule has 2 aliphatic rings. The van der Waals surface area contributed by atoms with Crippen LogP contribution in [0.2, 0.25) is 0 Å². The maximum Gasteiger partial charge on any atom is 0.227 e. The number of rotatable bonds is 8. The lowest BCUT2D eigenvalue weighted by atomic mass is 9.95. The van der Waals surface area contributed by atoms with E-state index in [1.807, 2.05) is 22.9 Å². The lowest BCUT2D eigenvalue weighted by molar-refractivity contribution is -0.142. The molecule has 3 rings (SSSR count). The molecule has 2 fully saturated rings. The fraction of sp³-hybridized carbons (Fsp3) is 0.667. The fourth-order valence-electron chi connectivity index (χ4n) is 4.52. The van der Waals surface area contributed by atoms with Crippen LogP contribution in [-0.2, 0) is 16.0 Å². The third kappa shape index (κ3) is 6.84. The maximum absolute atomic E-state index is 13.0. The van der Waals surface area contributed by atoms with Crippen LogP contribution in [0.5, 0.6) is 0 Å². The Balaban J connectivity index is 1.42. The maximum atomic E-state index is 13.0. The fourth-order valence-corrected chi connectivity index (χ4v) is 4.52. The molecule has 0 spiro atoms. The highest BCUT2D eigenvalue weighted by Crippen LogP contribution is 2.20. The molecule has 2 aliphatic heterocycles. The molecular formula is C24H37N3O2. The van der Waals surface area contributed by atoms with Crippen LogP contribution in [-0.4, -0.2) is 72.8 Å². The van der Waals surface area contributed by atoms with Gasteiger partial charge >= 0.3 is 0 Å². The van der Waals surface area contributed by atoms with Crippen molar-refractivity contribution in [2.75, 3.05) is 46.3 Å². The number of likely N-dealkylation sites (tertiary alicyclic amines) is 2. The van der Waals surface area contributed by atoms with Gasteiger partial charge in [-0.05, 0) is 50.8 Å². The first-order chi connectivity index (χ1) is 14.1. The molecule has 160 valence electrons. The van der Waals surface area contributed by atoms with Gasteiger partial charge in [0.25, 0.3) is 0 Å². The van der Waals surface area contributed by atoms with Gasteiger partial charge in [0.2, 0.25) is 11.8 Å². The Hall–Kier alpha value is -1.88. The van der Waals surface area contributed by atoms with E-state index >= 15 is 0 Å². The van der Waals surface area contributed by atoms with Gasteiger partial charge in [-0.25, -0.2) is 0 Å². The number of amides is 2. The Labute approximate surface area is 176 Å². The van der Waals surface area contributed by atoms with E-state index in [4.69, 9.17) is 0 Å². The molecule has 0 bridgehead atoms. The van der Waals surface area contributed by atoms with Gasteiger partial charge in [0, 0.05) is 39.6 Å². The Bertz CT molecular complexity index is 641. The van der Waals surface area contributed by atoms with E-state index in [9.17, 15) is 9.59 Å². The number of likely N-dealkylation sites (N-methyl/N-ethyl adjacent to an activating group) is 1. The summed E-state index contributed by atoms with van der Waals surface area (Å²) in [6.07, 6.45) is 8.34. The summed E-state index contributed by atoms with van der Waals surface area (Å²) in [6.45, 7) is 5.41. The third-order valence-electron chi connectivity index (χ3n) is 6.41. The van der Waals surface area contributed by atoms with E-state index in [-0.39, 0.29) is 17.7 Å². The molecule has 1 atom stereocenters. The molecule has 0 saturated carbocycles. The van der Waals surface area contributed by atoms with Crippen LogP contribution in [0.1, 0.15) is 50.5 Å². The van der Waals surface area contributed by atoms with Gasteiger partial charge in [-0.2, -0.15) is 0 Å². The summed E-state index contributed by atoms with van der Waals surface area (Å²) in [7, 11) is 1.93. The zero-order valence-corrected chi connectivity index (χ0v) is 18.0. The van der Waals surface area contributed by atoms with E-state index < -0.39 is 0 Å². The van der Waals surface area contributed by atoms with Crippen LogP contribution in [0.3, 0.4) is 0 Å². The molecule has 2 saturated heterocycles. The first kappa shape index (κ1) is 21.8. The normalized spacial score (nSPS) is 21.1. The van der Waals surface area contributed by atoms with Crippen LogP contribution >= 0.6 is 0 Å². The topological polar surface area (TPSA) is 43.9 Å². The van der Waals surface area contributed by atoms with Crippen LogP contribution in [0.15, 0.2) is 30.3 Å². The molecule has 5 heteroatoms. The smallest absolute Gasteiger partial charge is 0.227 e. The number of aryl methyl sites for hydroxylation is 1. The van der Waals surface area contributed by atoms with Crippen molar-refractivity contribution in [3.8, 4) is 0 Å². The largest absolute Gasteiger partial charge is 0.344 e. The molecule has 5 nitrogen and oxygen atoms in total. The quantitative estimate of drug-likeness (QED) is 0.674. The van der Waals surface area contributed by atoms with Crippen molar-refractivity contribution in [2.24, 2.45) is 5.92 Å². The SMILES string of the molecule is CN(CCN1CCCCCC1)C(=O)[C@H]1CCC(=O)N(CCCc2ccccc2)C1. The number of piperidine rings is 1. The van der Waals surface area contributed by atoms with Gasteiger partial charge in [0.05, 0.1) is 5.92 Å². The average Bonchev–Trinajstić information content (AvgIpc) is 3.02. The number of hydrogen-bond acceptors (Lipinski definition) is 3. The van der Waals surface area contributed by atoms with Gasteiger partial charge < -0.3 is 14.7 Å². The van der Waals surface area contributed by atoms with Gasteiger partial charge in [-0.1, -0.05) is 43.2 Å². The van der Waals surface area contributed by atoms with Crippen LogP contribution in [0.25, 0.3) is 0 Å². The molecule has 0 radical (unpaired) electrons. The zero-order chi connectivity index (χ0) is 20.5. The van der Waals surface area contributed by atoms with Crippen molar-refractivity contribution in [2.45, 2.75) is 51.4 Å². The van der Waals surface area contributed by atoms with E-state index in [0.29, 0.717) is 19.4 Å². The monoisotopic (exact) mass is 399 g/mol. The molecule has 0 N–H and O–H groups in total. The highest BCUT2D eigenvalue weighted by molar-refractivity contribution is 5.83. The second-order valence-corrected chi connectivity index (χ2v) is 8.68. The standard InChI is InChI=1S/C24H37N3O2/c1-25(18-19-26-15-7-2-3-8-16-26)24(29)22-13-14-23(28)27(20-22)17-9-12-21-10-5-4-6-11-21/h4-6,10-11,22H,2-3,7-9,12-20H2,1H3/t22-/m0/s1. The summed E-state index contributed by atoms with van der Waals surface area (Å²) in [4.78, 5) is 31.6. The molecule has 2 amide bonds. The number of carbonyl (C=O) groups is 2. The van der Waals surface area contributed by atoms with Gasteiger partial charge in [0.15, 0.2) is 0 Å². The first-order valence-electron chi connectivity index (χ1n) is 11.4. The minimum absolute atomic E-state index is 0.0430. The van der Waals surface area contributed by atoms with Crippen LogP contribution < -0.4 is 0 Å². The minimum Gasteiger partial charge on any atom is -0.344 e. The highest BCUT2D eigenvalue weighted by Gasteiger charge is 2.31. The summed E-state index contributed by atoms with van der Waals surface area (Å²) < 4.78 is 0. The van der Waals surface area contributed by atoms with Gasteiger partial charge in [-0.15, -0.1) is 0 Å². The van der Waals surface area contributed by atoms with Crippen molar-refractivity contribution in [1.29, 1.82) is 0 Å². The summed E-state index contributed by atoms with van der Waals surface area (Å²) in [5, 5.41) is 0. The lowest BCUT2D eigenvalue weighted by Gasteiger charge is -2.34. The summed E-state index contributed by atoms with van der Waals surface area (Å²) in [5.41, 5.74) is 1.30. The predicted molar refractivity (Wildman–Crippen MR) is 117 cm³/mol. The zero-order valence-electron chi connectivity index (χ0n) is 18.0. The first-order valence-corrected chi connectivity index (χ1v) is 11.4. The predicted octanol–water partition coefficient (Wildman–Crippen LogP) is 3.19. The van der Waals surface area contributed by atoms with Gasteiger partial charge in [0.1, 0.15) is 0 Å². The Morgan fingerprint density at radius 3 is 2.52 bits per heavy atom. The van der Waals surface area contributed by atoms with Gasteiger partial charge in [-0.3, -0.25) is 9.59 Å². The molecular weight excluding hydrogens is 362 g/mol. The van der Waals surface area contributed by atoms with E-state index in [0.717, 1.165) is 45.6 Å². The third-order valence-corrected chi connectivity index (χ3v) is 6.41. The molecule has 2 heterocycles. The summed E-state index contributed by atoms with van der Waals surface area (Å²) >= 11 is 0. The molecule has 0 aliphatic carbocycles. The number of nitrogens with zero attached hydrogens (tertiary/aromatic N) is 3. The second-order valence-electron chi connectivity index (χ2n) is 8.68. The molecule has 0 unspecified atom stereocenters. The van der Waals surface area contributed by atoms with Crippen LogP contribution in [0.4, 0.5) is 0 Å². The van der Waals surface area contributed by atoms with E-state index in [1.165, 1.54) is 31.2 Å². The summed E-state index contributed by atoms with van der Waals surface area (Å²) in [5.74, 6) is 0.369. The van der Waals surface area contributed by atoms with Crippen molar-refractivity contribution >= 4 is 11.8 Å². The van der Waals surface area contributed by atoms with Crippen molar-refractivity contribution < 1.29 is 9.59 Å². The number of hydrogen-bond donors (Lipinski definition) is 0. The van der Waals surface area contributed by atoms with Crippen molar-refractivity contribution in [1.82, 2.24) is 14.7 Å². The molecule has 0 aromatic heterocycles. The van der Waals surface area contributed by atoms with Crippen molar-refractivity contribution in [3.63, 3.8) is 0 Å². The molecule has 1 aromatic carbocycles. The Kier molecular flexibility index (Phi) is 8.53. The molecule has 1 aromatic rings. The van der Waals surface area contributed by atoms with Crippen LogP contribution in [0, 0.1) is 5.92 Å². The Morgan fingerprint density at radius 2 is 1.79 bits per heavy atom. The second kappa shape index (κ2) is 11.3. The summed E-state index contributed by atoms with van der Waals surface area (Å²) in [6, 6.07) is 10.4. The number of carbonyl (C=O) groups excluding carboxylic acids is 2. The lowest BCUT2D eigenvalue weighted by Crippen LogP contribution is -2.47. The average molecular weight is 400 g/mol.